The normalized spacial score (nSPS) is 20.3. The minimum atomic E-state index is -0.872. The Hall–Kier alpha value is -2.74. The number of carboxylic acids is 1. The number of phenols is 1. The second-order valence-corrected chi connectivity index (χ2v) is 10.1. The summed E-state index contributed by atoms with van der Waals surface area (Å²) in [6.07, 6.45) is 1.09. The van der Waals surface area contributed by atoms with Crippen molar-refractivity contribution in [2.45, 2.75) is 51.7 Å². The number of piperazine rings is 1. The topological polar surface area (TPSA) is 76.9 Å². The molecule has 0 unspecified atom stereocenters. The molecule has 2 N–H and O–H groups in total. The first-order chi connectivity index (χ1) is 16.4. The fraction of sp³-hybridized carbons (Fsp3) is 0.407. The summed E-state index contributed by atoms with van der Waals surface area (Å²) in [5, 5.41) is 21.9. The van der Waals surface area contributed by atoms with E-state index in [0.717, 1.165) is 42.2 Å². The van der Waals surface area contributed by atoms with Crippen molar-refractivity contribution in [1.29, 1.82) is 0 Å². The van der Waals surface area contributed by atoms with Crippen LogP contribution in [0.15, 0.2) is 53.9 Å². The fourth-order valence-corrected chi connectivity index (χ4v) is 5.76. The lowest BCUT2D eigenvalue weighted by Gasteiger charge is -2.47. The number of benzene rings is 2. The monoisotopic (exact) mass is 479 g/mol. The molecule has 3 aromatic rings. The van der Waals surface area contributed by atoms with Crippen molar-refractivity contribution in [3.8, 4) is 16.3 Å². The van der Waals surface area contributed by atoms with E-state index < -0.39 is 5.97 Å². The molecule has 34 heavy (non-hydrogen) atoms. The van der Waals surface area contributed by atoms with Gasteiger partial charge in [0, 0.05) is 36.1 Å². The standard InChI is InChI=1S/C27H33N3O3S/c1-4-12-29-15-19(3)30(16-18(29)2)26(22-6-5-7-24(31)13-22)20-8-10-21(11-9-20)27-28-23(17-34-27)14-25(32)33/h5-11,13,17-19,26,31H,4,12,14-16H2,1-3H3,(H,32,33)/t18-,19+,26-/m1/s1. The highest BCUT2D eigenvalue weighted by Gasteiger charge is 2.34. The van der Waals surface area contributed by atoms with Gasteiger partial charge in [0.15, 0.2) is 0 Å². The molecule has 1 fully saturated rings. The van der Waals surface area contributed by atoms with Gasteiger partial charge in [0.05, 0.1) is 18.2 Å². The molecule has 3 atom stereocenters. The van der Waals surface area contributed by atoms with Crippen LogP contribution in [0.2, 0.25) is 0 Å². The van der Waals surface area contributed by atoms with Crippen LogP contribution in [0.1, 0.15) is 50.1 Å². The van der Waals surface area contributed by atoms with E-state index in [1.54, 1.807) is 6.07 Å². The van der Waals surface area contributed by atoms with Crippen molar-refractivity contribution >= 4 is 17.3 Å². The van der Waals surface area contributed by atoms with E-state index >= 15 is 0 Å². The van der Waals surface area contributed by atoms with Gasteiger partial charge in [0.1, 0.15) is 10.8 Å². The Bertz CT molecular complexity index is 1110. The molecule has 0 radical (unpaired) electrons. The highest BCUT2D eigenvalue weighted by Crippen LogP contribution is 2.35. The number of thiazole rings is 1. The van der Waals surface area contributed by atoms with E-state index in [4.69, 9.17) is 5.11 Å². The van der Waals surface area contributed by atoms with Crippen LogP contribution in [0.25, 0.3) is 10.6 Å². The Morgan fingerprint density at radius 1 is 1.12 bits per heavy atom. The van der Waals surface area contributed by atoms with Gasteiger partial charge in [-0.3, -0.25) is 14.6 Å². The number of aromatic hydroxyl groups is 1. The quantitative estimate of drug-likeness (QED) is 0.472. The van der Waals surface area contributed by atoms with E-state index in [-0.39, 0.29) is 18.2 Å². The van der Waals surface area contributed by atoms with Gasteiger partial charge < -0.3 is 10.2 Å². The Kier molecular flexibility index (Phi) is 7.66. The van der Waals surface area contributed by atoms with E-state index in [0.29, 0.717) is 17.8 Å². The summed E-state index contributed by atoms with van der Waals surface area (Å²) in [5.41, 5.74) is 3.81. The zero-order valence-electron chi connectivity index (χ0n) is 20.0. The number of aliphatic carboxylic acids is 1. The maximum absolute atomic E-state index is 11.0. The molecule has 180 valence electrons. The smallest absolute Gasteiger partial charge is 0.309 e. The molecule has 0 aliphatic carbocycles. The van der Waals surface area contributed by atoms with Gasteiger partial charge in [-0.1, -0.05) is 43.3 Å². The van der Waals surface area contributed by atoms with E-state index in [2.05, 4.69) is 65.9 Å². The summed E-state index contributed by atoms with van der Waals surface area (Å²) in [5.74, 6) is -0.596. The van der Waals surface area contributed by atoms with Crippen molar-refractivity contribution in [2.75, 3.05) is 19.6 Å². The lowest BCUT2D eigenvalue weighted by Crippen LogP contribution is -2.57. The van der Waals surface area contributed by atoms with Gasteiger partial charge in [-0.2, -0.15) is 0 Å². The maximum Gasteiger partial charge on any atom is 0.309 e. The first-order valence-corrected chi connectivity index (χ1v) is 12.8. The highest BCUT2D eigenvalue weighted by molar-refractivity contribution is 7.13. The average Bonchev–Trinajstić information content (AvgIpc) is 3.25. The number of hydrogen-bond donors (Lipinski definition) is 2. The van der Waals surface area contributed by atoms with Crippen molar-refractivity contribution in [2.24, 2.45) is 0 Å². The van der Waals surface area contributed by atoms with Crippen LogP contribution in [0, 0.1) is 0 Å². The molecular formula is C27H33N3O3S. The number of hydrogen-bond acceptors (Lipinski definition) is 6. The molecule has 1 aliphatic rings. The van der Waals surface area contributed by atoms with Crippen molar-refractivity contribution < 1.29 is 15.0 Å². The summed E-state index contributed by atoms with van der Waals surface area (Å²) in [7, 11) is 0. The number of phenolic OH excluding ortho intramolecular Hbond substituents is 1. The number of rotatable bonds is 8. The number of aromatic nitrogens is 1. The number of carboxylic acid groups (broad SMARTS) is 1. The van der Waals surface area contributed by atoms with Gasteiger partial charge >= 0.3 is 5.97 Å². The first kappa shape index (κ1) is 24.4. The third kappa shape index (κ3) is 5.49. The average molecular weight is 480 g/mol. The lowest BCUT2D eigenvalue weighted by molar-refractivity contribution is -0.136. The molecule has 4 rings (SSSR count). The molecular weight excluding hydrogens is 446 g/mol. The largest absolute Gasteiger partial charge is 0.508 e. The lowest BCUT2D eigenvalue weighted by atomic mass is 9.93. The van der Waals surface area contributed by atoms with Gasteiger partial charge in [-0.15, -0.1) is 11.3 Å². The molecule has 0 spiro atoms. The Labute approximate surface area is 205 Å². The molecule has 1 saturated heterocycles. The van der Waals surface area contributed by atoms with Crippen LogP contribution in [-0.2, 0) is 11.2 Å². The predicted octanol–water partition coefficient (Wildman–Crippen LogP) is 5.04. The summed E-state index contributed by atoms with van der Waals surface area (Å²) >= 11 is 1.47. The zero-order valence-corrected chi connectivity index (χ0v) is 20.8. The van der Waals surface area contributed by atoms with E-state index in [9.17, 15) is 9.90 Å². The second-order valence-electron chi connectivity index (χ2n) is 9.22. The van der Waals surface area contributed by atoms with Crippen LogP contribution >= 0.6 is 11.3 Å². The zero-order chi connectivity index (χ0) is 24.2. The van der Waals surface area contributed by atoms with Crippen LogP contribution in [-0.4, -0.2) is 62.7 Å². The van der Waals surface area contributed by atoms with E-state index in [1.807, 2.05) is 17.5 Å². The molecule has 2 heterocycles. The van der Waals surface area contributed by atoms with Gasteiger partial charge in [-0.25, -0.2) is 4.98 Å². The second kappa shape index (κ2) is 10.7. The molecule has 0 amide bonds. The summed E-state index contributed by atoms with van der Waals surface area (Å²) in [4.78, 5) is 20.6. The number of nitrogens with zero attached hydrogens (tertiary/aromatic N) is 3. The van der Waals surface area contributed by atoms with Crippen LogP contribution < -0.4 is 0 Å². The summed E-state index contributed by atoms with van der Waals surface area (Å²) in [6.45, 7) is 9.91. The van der Waals surface area contributed by atoms with Crippen molar-refractivity contribution in [3.05, 3.63) is 70.7 Å². The Morgan fingerprint density at radius 2 is 1.88 bits per heavy atom. The van der Waals surface area contributed by atoms with Crippen molar-refractivity contribution in [3.63, 3.8) is 0 Å². The Morgan fingerprint density at radius 3 is 2.56 bits per heavy atom. The fourth-order valence-electron chi connectivity index (χ4n) is 4.94. The molecule has 2 aromatic carbocycles. The van der Waals surface area contributed by atoms with Gasteiger partial charge in [-0.05, 0) is 50.1 Å². The number of carbonyl (C=O) groups is 1. The minimum Gasteiger partial charge on any atom is -0.508 e. The van der Waals surface area contributed by atoms with Crippen LogP contribution in [0.3, 0.4) is 0 Å². The summed E-state index contributed by atoms with van der Waals surface area (Å²) in [6, 6.07) is 16.8. The first-order valence-electron chi connectivity index (χ1n) is 11.9. The third-order valence-electron chi connectivity index (χ3n) is 6.55. The van der Waals surface area contributed by atoms with E-state index in [1.165, 1.54) is 16.9 Å². The maximum atomic E-state index is 11.0. The van der Waals surface area contributed by atoms with Gasteiger partial charge in [0.25, 0.3) is 0 Å². The molecule has 0 saturated carbocycles. The third-order valence-corrected chi connectivity index (χ3v) is 7.49. The Balaban J connectivity index is 1.65. The molecule has 6 nitrogen and oxygen atoms in total. The molecule has 0 bridgehead atoms. The van der Waals surface area contributed by atoms with Crippen LogP contribution in [0.5, 0.6) is 5.75 Å². The minimum absolute atomic E-state index is 0.0289. The van der Waals surface area contributed by atoms with Gasteiger partial charge in [0.2, 0.25) is 0 Å². The van der Waals surface area contributed by atoms with Crippen molar-refractivity contribution in [1.82, 2.24) is 14.8 Å². The van der Waals surface area contributed by atoms with Crippen LogP contribution in [0.4, 0.5) is 0 Å². The SMILES string of the molecule is CCCN1C[C@H](C)N([C@H](c2ccc(-c3nc(CC(=O)O)cs3)cc2)c2cccc(O)c2)C[C@H]1C. The highest BCUT2D eigenvalue weighted by atomic mass is 32.1. The predicted molar refractivity (Wildman–Crippen MR) is 136 cm³/mol. The molecule has 7 heteroatoms. The molecule has 1 aliphatic heterocycles. The summed E-state index contributed by atoms with van der Waals surface area (Å²) < 4.78 is 0. The molecule has 1 aromatic heterocycles.